The molecule has 0 spiro atoms. The maximum Gasteiger partial charge on any atom is 0.133 e. The number of nitrogens with one attached hydrogen (secondary N) is 2. The van der Waals surface area contributed by atoms with Crippen molar-refractivity contribution in [1.29, 1.82) is 0 Å². The van der Waals surface area contributed by atoms with Gasteiger partial charge in [0.2, 0.25) is 0 Å². The molecule has 0 amide bonds. The molecule has 1 saturated heterocycles. The van der Waals surface area contributed by atoms with Crippen LogP contribution in [-0.4, -0.2) is 37.0 Å². The van der Waals surface area contributed by atoms with Crippen molar-refractivity contribution in [2.24, 2.45) is 0 Å². The van der Waals surface area contributed by atoms with Crippen LogP contribution >= 0.6 is 0 Å². The first-order valence-electron chi connectivity index (χ1n) is 6.21. The smallest absolute Gasteiger partial charge is 0.133 e. The summed E-state index contributed by atoms with van der Waals surface area (Å²) in [5, 5.41) is 10.9. The summed E-state index contributed by atoms with van der Waals surface area (Å²) in [6.45, 7) is 7.45. The summed E-state index contributed by atoms with van der Waals surface area (Å²) in [7, 11) is 0. The number of nitrogens with zero attached hydrogens (tertiary/aromatic N) is 1. The number of hydrogen-bond acceptors (Lipinski definition) is 5. The summed E-state index contributed by atoms with van der Waals surface area (Å²) in [5.41, 5.74) is 0.960. The van der Waals surface area contributed by atoms with Crippen molar-refractivity contribution in [1.82, 2.24) is 15.8 Å². The second-order valence-corrected chi connectivity index (χ2v) is 4.67. The molecule has 0 saturated carbocycles. The highest BCUT2D eigenvalue weighted by molar-refractivity contribution is 5.03. The average Bonchev–Trinajstić information content (AvgIpc) is 2.74. The lowest BCUT2D eigenvalue weighted by Gasteiger charge is -2.26. The van der Waals surface area contributed by atoms with Gasteiger partial charge >= 0.3 is 0 Å². The van der Waals surface area contributed by atoms with Crippen molar-refractivity contribution >= 4 is 0 Å². The van der Waals surface area contributed by atoms with E-state index in [1.54, 1.807) is 0 Å². The second kappa shape index (κ2) is 6.14. The number of aromatic nitrogens is 1. The van der Waals surface area contributed by atoms with E-state index in [0.29, 0.717) is 12.1 Å². The Bertz CT molecular complexity index is 334. The molecule has 2 heterocycles. The number of hydrogen-bond donors (Lipinski definition) is 2. The first-order chi connectivity index (χ1) is 8.24. The van der Waals surface area contributed by atoms with Gasteiger partial charge in [-0.1, -0.05) is 5.16 Å². The molecule has 1 aliphatic rings. The van der Waals surface area contributed by atoms with E-state index >= 15 is 0 Å². The van der Waals surface area contributed by atoms with E-state index in [-0.39, 0.29) is 0 Å². The van der Waals surface area contributed by atoms with Crippen molar-refractivity contribution in [3.8, 4) is 0 Å². The van der Waals surface area contributed by atoms with Crippen LogP contribution in [0.3, 0.4) is 0 Å². The minimum atomic E-state index is 0.436. The molecule has 5 nitrogen and oxygen atoms in total. The molecular weight excluding hydrogens is 218 g/mol. The molecule has 17 heavy (non-hydrogen) atoms. The minimum absolute atomic E-state index is 0.436. The molecule has 2 N–H and O–H groups in total. The second-order valence-electron chi connectivity index (χ2n) is 4.67. The molecule has 2 unspecified atom stereocenters. The van der Waals surface area contributed by atoms with Crippen LogP contribution in [0.1, 0.15) is 24.8 Å². The minimum Gasteiger partial charge on any atom is -0.379 e. The highest BCUT2D eigenvalue weighted by Gasteiger charge is 2.16. The lowest BCUT2D eigenvalue weighted by atomic mass is 10.1. The molecule has 1 aromatic rings. The fraction of sp³-hybridized carbons (Fsp3) is 0.750. The zero-order chi connectivity index (χ0) is 12.1. The van der Waals surface area contributed by atoms with Gasteiger partial charge in [0.1, 0.15) is 5.76 Å². The molecule has 1 aromatic heterocycles. The number of ether oxygens (including phenoxy) is 1. The molecule has 0 radical (unpaired) electrons. The van der Waals surface area contributed by atoms with Gasteiger partial charge in [-0.15, -0.1) is 0 Å². The van der Waals surface area contributed by atoms with Crippen molar-refractivity contribution in [3.63, 3.8) is 0 Å². The monoisotopic (exact) mass is 239 g/mol. The summed E-state index contributed by atoms with van der Waals surface area (Å²) in [6, 6.07) is 2.86. The van der Waals surface area contributed by atoms with Crippen LogP contribution in [0, 0.1) is 6.92 Å². The predicted octanol–water partition coefficient (Wildman–Crippen LogP) is 0.840. The Hall–Kier alpha value is -0.910. The SMILES string of the molecule is Cc1cc(CNC(C)CC2COCCN2)no1. The van der Waals surface area contributed by atoms with Crippen LogP contribution in [0.25, 0.3) is 0 Å². The summed E-state index contributed by atoms with van der Waals surface area (Å²) >= 11 is 0. The van der Waals surface area contributed by atoms with E-state index in [4.69, 9.17) is 9.26 Å². The topological polar surface area (TPSA) is 59.3 Å². The summed E-state index contributed by atoms with van der Waals surface area (Å²) < 4.78 is 10.5. The normalized spacial score (nSPS) is 22.6. The van der Waals surface area contributed by atoms with E-state index in [1.807, 2.05) is 13.0 Å². The predicted molar refractivity (Wildman–Crippen MR) is 64.8 cm³/mol. The Morgan fingerprint density at radius 1 is 1.65 bits per heavy atom. The van der Waals surface area contributed by atoms with Crippen LogP contribution in [-0.2, 0) is 11.3 Å². The Kier molecular flexibility index (Phi) is 4.53. The van der Waals surface area contributed by atoms with E-state index < -0.39 is 0 Å². The molecule has 0 aliphatic carbocycles. The zero-order valence-electron chi connectivity index (χ0n) is 10.5. The molecule has 2 rings (SSSR count). The van der Waals surface area contributed by atoms with Crippen molar-refractivity contribution in [3.05, 3.63) is 17.5 Å². The fourth-order valence-electron chi connectivity index (χ4n) is 2.06. The van der Waals surface area contributed by atoms with E-state index in [9.17, 15) is 0 Å². The third kappa shape index (κ3) is 4.11. The van der Waals surface area contributed by atoms with Crippen molar-refractivity contribution < 1.29 is 9.26 Å². The Labute approximate surface area is 102 Å². The van der Waals surface area contributed by atoms with Gasteiger partial charge in [0.05, 0.1) is 18.9 Å². The summed E-state index contributed by atoms with van der Waals surface area (Å²) in [4.78, 5) is 0. The van der Waals surface area contributed by atoms with Crippen LogP contribution < -0.4 is 10.6 Å². The van der Waals surface area contributed by atoms with Crippen molar-refractivity contribution in [2.75, 3.05) is 19.8 Å². The highest BCUT2D eigenvalue weighted by atomic mass is 16.5. The van der Waals surface area contributed by atoms with Gasteiger partial charge in [0, 0.05) is 31.2 Å². The molecule has 5 heteroatoms. The summed E-state index contributed by atoms with van der Waals surface area (Å²) in [5.74, 6) is 0.858. The molecule has 2 atom stereocenters. The third-order valence-electron chi connectivity index (χ3n) is 2.94. The molecule has 0 bridgehead atoms. The molecule has 0 aromatic carbocycles. The number of morpholine rings is 1. The largest absolute Gasteiger partial charge is 0.379 e. The lowest BCUT2D eigenvalue weighted by molar-refractivity contribution is 0.0711. The van der Waals surface area contributed by atoms with Crippen LogP contribution in [0.4, 0.5) is 0 Å². The molecule has 1 aliphatic heterocycles. The van der Waals surface area contributed by atoms with E-state index in [0.717, 1.165) is 44.2 Å². The average molecular weight is 239 g/mol. The van der Waals surface area contributed by atoms with Crippen LogP contribution in [0.15, 0.2) is 10.6 Å². The molecule has 1 fully saturated rings. The van der Waals surface area contributed by atoms with Gasteiger partial charge in [-0.05, 0) is 20.3 Å². The zero-order valence-corrected chi connectivity index (χ0v) is 10.5. The molecular formula is C12H21N3O2. The first-order valence-corrected chi connectivity index (χ1v) is 6.21. The first kappa shape index (κ1) is 12.5. The van der Waals surface area contributed by atoms with Crippen molar-refractivity contribution in [2.45, 2.75) is 38.9 Å². The Balaban J connectivity index is 1.68. The number of rotatable bonds is 5. The van der Waals surface area contributed by atoms with Gasteiger partial charge in [-0.2, -0.15) is 0 Å². The van der Waals surface area contributed by atoms with Gasteiger partial charge in [0.15, 0.2) is 0 Å². The maximum absolute atomic E-state index is 5.43. The summed E-state index contributed by atoms with van der Waals surface area (Å²) in [6.07, 6.45) is 1.07. The molecule has 96 valence electrons. The highest BCUT2D eigenvalue weighted by Crippen LogP contribution is 2.05. The van der Waals surface area contributed by atoms with Gasteiger partial charge < -0.3 is 19.9 Å². The quantitative estimate of drug-likeness (QED) is 0.797. The van der Waals surface area contributed by atoms with Crippen LogP contribution in [0.5, 0.6) is 0 Å². The van der Waals surface area contributed by atoms with E-state index in [2.05, 4.69) is 22.7 Å². The standard InChI is InChI=1S/C12H21N3O2/c1-9(5-12-8-16-4-3-13-12)14-7-11-6-10(2)17-15-11/h6,9,12-14H,3-5,7-8H2,1-2H3. The van der Waals surface area contributed by atoms with Crippen LogP contribution in [0.2, 0.25) is 0 Å². The number of aryl methyl sites for hydroxylation is 1. The van der Waals surface area contributed by atoms with Gasteiger partial charge in [-0.25, -0.2) is 0 Å². The fourth-order valence-corrected chi connectivity index (χ4v) is 2.06. The van der Waals surface area contributed by atoms with Gasteiger partial charge in [-0.3, -0.25) is 0 Å². The third-order valence-corrected chi connectivity index (χ3v) is 2.94. The lowest BCUT2D eigenvalue weighted by Crippen LogP contribution is -2.44. The van der Waals surface area contributed by atoms with E-state index in [1.165, 1.54) is 0 Å². The van der Waals surface area contributed by atoms with Gasteiger partial charge in [0.25, 0.3) is 0 Å². The Morgan fingerprint density at radius 2 is 2.53 bits per heavy atom. The maximum atomic E-state index is 5.43. The Morgan fingerprint density at radius 3 is 3.18 bits per heavy atom.